The number of benzene rings is 1. The van der Waals surface area contributed by atoms with Gasteiger partial charge in [0.2, 0.25) is 0 Å². The van der Waals surface area contributed by atoms with Crippen LogP contribution >= 0.6 is 0 Å². The fraction of sp³-hybridized carbons (Fsp3) is 0.353. The van der Waals surface area contributed by atoms with E-state index < -0.39 is 0 Å². The summed E-state index contributed by atoms with van der Waals surface area (Å²) in [6.45, 7) is 5.61. The molecule has 2 aromatic rings. The summed E-state index contributed by atoms with van der Waals surface area (Å²) in [7, 11) is 1.94. The van der Waals surface area contributed by atoms with Crippen LogP contribution in [0, 0.1) is 5.82 Å². The number of halogens is 1. The lowest BCUT2D eigenvalue weighted by Crippen LogP contribution is -2.20. The summed E-state index contributed by atoms with van der Waals surface area (Å²) in [6, 6.07) is 11.1. The Morgan fingerprint density at radius 3 is 2.62 bits per heavy atom. The second kappa shape index (κ2) is 7.18. The van der Waals surface area contributed by atoms with E-state index >= 15 is 0 Å². The molecule has 0 fully saturated rings. The lowest BCUT2D eigenvalue weighted by molar-refractivity contribution is 0.583. The zero-order chi connectivity index (χ0) is 15.2. The van der Waals surface area contributed by atoms with Gasteiger partial charge >= 0.3 is 0 Å². The summed E-state index contributed by atoms with van der Waals surface area (Å²) in [5.74, 6) is -0.172. The lowest BCUT2D eigenvalue weighted by atomic mass is 10.2. The van der Waals surface area contributed by atoms with Gasteiger partial charge in [-0.25, -0.2) is 4.39 Å². The van der Waals surface area contributed by atoms with Crippen molar-refractivity contribution in [2.75, 3.05) is 18.5 Å². The maximum Gasteiger partial charge on any atom is 0.128 e. The minimum atomic E-state index is -0.172. The van der Waals surface area contributed by atoms with Crippen LogP contribution in [0.1, 0.15) is 31.1 Å². The van der Waals surface area contributed by atoms with Crippen molar-refractivity contribution in [1.29, 1.82) is 0 Å². The second-order valence-electron chi connectivity index (χ2n) is 5.17. The number of hydrogen-bond acceptors (Lipinski definition) is 3. The Kier molecular flexibility index (Phi) is 5.28. The van der Waals surface area contributed by atoms with Crippen LogP contribution in [0.2, 0.25) is 0 Å². The van der Waals surface area contributed by atoms with E-state index in [1.165, 1.54) is 6.07 Å². The van der Waals surface area contributed by atoms with E-state index in [9.17, 15) is 4.39 Å². The number of aromatic nitrogens is 1. The quantitative estimate of drug-likeness (QED) is 0.881. The molecule has 0 spiro atoms. The first-order valence-corrected chi connectivity index (χ1v) is 7.25. The first kappa shape index (κ1) is 15.4. The van der Waals surface area contributed by atoms with E-state index in [0.29, 0.717) is 12.1 Å². The van der Waals surface area contributed by atoms with Crippen LogP contribution in [-0.4, -0.2) is 18.6 Å². The van der Waals surface area contributed by atoms with E-state index in [-0.39, 0.29) is 11.9 Å². The largest absolute Gasteiger partial charge is 0.369 e. The van der Waals surface area contributed by atoms with Crippen LogP contribution in [0.3, 0.4) is 0 Å². The van der Waals surface area contributed by atoms with Gasteiger partial charge in [-0.2, -0.15) is 0 Å². The Morgan fingerprint density at radius 2 is 2.00 bits per heavy atom. The zero-order valence-corrected chi connectivity index (χ0v) is 12.8. The molecule has 0 aliphatic rings. The van der Waals surface area contributed by atoms with Gasteiger partial charge in [-0.3, -0.25) is 4.98 Å². The maximum absolute atomic E-state index is 13.7. The third-order valence-corrected chi connectivity index (χ3v) is 3.53. The predicted molar refractivity (Wildman–Crippen MR) is 84.8 cm³/mol. The molecule has 4 heteroatoms. The smallest absolute Gasteiger partial charge is 0.128 e. The van der Waals surface area contributed by atoms with Crippen molar-refractivity contribution < 1.29 is 4.39 Å². The number of hydrogen-bond donors (Lipinski definition) is 1. The van der Waals surface area contributed by atoms with Gasteiger partial charge in [0.25, 0.3) is 0 Å². The van der Waals surface area contributed by atoms with Gasteiger partial charge in [0.15, 0.2) is 0 Å². The van der Waals surface area contributed by atoms with Crippen molar-refractivity contribution in [2.45, 2.75) is 26.4 Å². The van der Waals surface area contributed by atoms with Gasteiger partial charge in [-0.15, -0.1) is 0 Å². The molecule has 0 bridgehead atoms. The minimum absolute atomic E-state index is 0.172. The van der Waals surface area contributed by atoms with Gasteiger partial charge in [0, 0.05) is 25.2 Å². The molecule has 0 amide bonds. The summed E-state index contributed by atoms with van der Waals surface area (Å²) < 4.78 is 13.7. The highest BCUT2D eigenvalue weighted by molar-refractivity contribution is 5.44. The molecule has 21 heavy (non-hydrogen) atoms. The SMILES string of the molecule is CCNC(C)c1ccc(N(C)Cc2ccccc2F)cn1. The van der Waals surface area contributed by atoms with Crippen LogP contribution in [0.4, 0.5) is 10.1 Å². The van der Waals surface area contributed by atoms with Gasteiger partial charge < -0.3 is 10.2 Å². The van der Waals surface area contributed by atoms with E-state index in [4.69, 9.17) is 0 Å². The van der Waals surface area contributed by atoms with Crippen molar-refractivity contribution >= 4 is 5.69 Å². The Morgan fingerprint density at radius 1 is 1.24 bits per heavy atom. The number of anilines is 1. The molecule has 1 unspecified atom stereocenters. The number of rotatable bonds is 6. The molecule has 1 aromatic heterocycles. The molecule has 1 N–H and O–H groups in total. The summed E-state index contributed by atoms with van der Waals surface area (Å²) in [5, 5.41) is 3.33. The molecule has 2 rings (SSSR count). The molecule has 1 heterocycles. The van der Waals surface area contributed by atoms with Crippen molar-refractivity contribution in [2.24, 2.45) is 0 Å². The second-order valence-corrected chi connectivity index (χ2v) is 5.17. The Bertz CT molecular complexity index is 569. The van der Waals surface area contributed by atoms with Crippen LogP contribution in [0.15, 0.2) is 42.6 Å². The topological polar surface area (TPSA) is 28.2 Å². The number of pyridine rings is 1. The highest BCUT2D eigenvalue weighted by Gasteiger charge is 2.08. The predicted octanol–water partition coefficient (Wildman–Crippen LogP) is 3.53. The molecule has 0 saturated carbocycles. The monoisotopic (exact) mass is 287 g/mol. The highest BCUT2D eigenvalue weighted by atomic mass is 19.1. The van der Waals surface area contributed by atoms with Crippen LogP contribution < -0.4 is 10.2 Å². The summed E-state index contributed by atoms with van der Waals surface area (Å²) in [5.41, 5.74) is 2.68. The fourth-order valence-electron chi connectivity index (χ4n) is 2.26. The molecular formula is C17H22FN3. The Hall–Kier alpha value is -1.94. The molecule has 0 saturated heterocycles. The number of nitrogens with zero attached hydrogens (tertiary/aromatic N) is 2. The molecule has 1 aromatic carbocycles. The van der Waals surface area contributed by atoms with Crippen molar-refractivity contribution in [3.8, 4) is 0 Å². The van der Waals surface area contributed by atoms with Gasteiger partial charge in [-0.1, -0.05) is 25.1 Å². The molecule has 0 aliphatic heterocycles. The average molecular weight is 287 g/mol. The highest BCUT2D eigenvalue weighted by Crippen LogP contribution is 2.18. The normalized spacial score (nSPS) is 12.2. The Labute approximate surface area is 125 Å². The molecule has 0 radical (unpaired) electrons. The average Bonchev–Trinajstić information content (AvgIpc) is 2.50. The molecular weight excluding hydrogens is 265 g/mol. The van der Waals surface area contributed by atoms with Crippen molar-refractivity contribution in [1.82, 2.24) is 10.3 Å². The van der Waals surface area contributed by atoms with Crippen molar-refractivity contribution in [3.63, 3.8) is 0 Å². The fourth-order valence-corrected chi connectivity index (χ4v) is 2.26. The van der Waals surface area contributed by atoms with E-state index in [2.05, 4.69) is 24.1 Å². The first-order valence-electron chi connectivity index (χ1n) is 7.25. The maximum atomic E-state index is 13.7. The third kappa shape index (κ3) is 4.02. The molecule has 0 aliphatic carbocycles. The minimum Gasteiger partial charge on any atom is -0.369 e. The lowest BCUT2D eigenvalue weighted by Gasteiger charge is -2.20. The van der Waals surface area contributed by atoms with Crippen LogP contribution in [0.25, 0.3) is 0 Å². The van der Waals surface area contributed by atoms with Gasteiger partial charge in [0.05, 0.1) is 17.6 Å². The van der Waals surface area contributed by atoms with Gasteiger partial charge in [0.1, 0.15) is 5.82 Å². The first-order chi connectivity index (χ1) is 10.1. The summed E-state index contributed by atoms with van der Waals surface area (Å²) >= 11 is 0. The van der Waals surface area contributed by atoms with Crippen LogP contribution in [0.5, 0.6) is 0 Å². The zero-order valence-electron chi connectivity index (χ0n) is 12.8. The van der Waals surface area contributed by atoms with E-state index in [0.717, 1.165) is 17.9 Å². The standard InChI is InChI=1S/C17H22FN3/c1-4-19-13(2)17-10-9-15(11-20-17)21(3)12-14-7-5-6-8-16(14)18/h5-11,13,19H,4,12H2,1-3H3. The van der Waals surface area contributed by atoms with E-state index in [1.54, 1.807) is 12.1 Å². The molecule has 1 atom stereocenters. The molecule has 3 nitrogen and oxygen atoms in total. The summed E-state index contributed by atoms with van der Waals surface area (Å²) in [6.07, 6.45) is 1.84. The Balaban J connectivity index is 2.06. The molecule has 112 valence electrons. The van der Waals surface area contributed by atoms with Crippen molar-refractivity contribution in [3.05, 3.63) is 59.7 Å². The summed E-state index contributed by atoms with van der Waals surface area (Å²) in [4.78, 5) is 6.48. The van der Waals surface area contributed by atoms with Gasteiger partial charge in [-0.05, 0) is 31.7 Å². The van der Waals surface area contributed by atoms with Crippen LogP contribution in [-0.2, 0) is 6.54 Å². The third-order valence-electron chi connectivity index (χ3n) is 3.53. The number of nitrogens with one attached hydrogen (secondary N) is 1. The van der Waals surface area contributed by atoms with E-state index in [1.807, 2.05) is 36.3 Å².